The van der Waals surface area contributed by atoms with Crippen molar-refractivity contribution >= 4 is 27.5 Å². The number of hydroxylamine groups is 1. The smallest absolute Gasteiger partial charge is 0.248 e. The molecule has 1 atom stereocenters. The molecule has 8 heteroatoms. The summed E-state index contributed by atoms with van der Waals surface area (Å²) >= 11 is 1.34. The molecule has 2 N–H and O–H groups in total. The van der Waals surface area contributed by atoms with Gasteiger partial charge in [-0.2, -0.15) is 0 Å². The molecule has 0 saturated carbocycles. The predicted molar refractivity (Wildman–Crippen MR) is 114 cm³/mol. The van der Waals surface area contributed by atoms with Crippen molar-refractivity contribution in [1.82, 2.24) is 5.48 Å². The van der Waals surface area contributed by atoms with Crippen LogP contribution in [0.15, 0.2) is 88.7 Å². The summed E-state index contributed by atoms with van der Waals surface area (Å²) in [6.07, 6.45) is 0. The molecule has 0 bridgehead atoms. The standard InChI is InChI=1S/C22H20FNO4S2/c23-19-10-6-16(7-11-19)17-8-12-21(13-9-17)30(27,28)15-18(22(25)24-26)14-29-20-4-2-1-3-5-20/h1-13,18,26H,14-15H2,(H,24,25). The van der Waals surface area contributed by atoms with E-state index in [2.05, 4.69) is 0 Å². The van der Waals surface area contributed by atoms with Crippen LogP contribution in [0.3, 0.4) is 0 Å². The molecule has 0 aromatic heterocycles. The quantitative estimate of drug-likeness (QED) is 0.309. The van der Waals surface area contributed by atoms with Crippen molar-refractivity contribution in [1.29, 1.82) is 0 Å². The molecule has 5 nitrogen and oxygen atoms in total. The number of hydrogen-bond donors (Lipinski definition) is 2. The molecule has 0 fully saturated rings. The van der Waals surface area contributed by atoms with Crippen LogP contribution in [-0.2, 0) is 14.6 Å². The lowest BCUT2D eigenvalue weighted by Gasteiger charge is -2.15. The second-order valence-corrected chi connectivity index (χ2v) is 9.74. The van der Waals surface area contributed by atoms with Gasteiger partial charge in [-0.25, -0.2) is 18.3 Å². The summed E-state index contributed by atoms with van der Waals surface area (Å²) in [6.45, 7) is 0. The molecular formula is C22H20FNO4S2. The Morgan fingerprint density at radius 1 is 0.933 bits per heavy atom. The minimum Gasteiger partial charge on any atom is -0.289 e. The summed E-state index contributed by atoms with van der Waals surface area (Å²) in [5.41, 5.74) is 3.07. The monoisotopic (exact) mass is 445 g/mol. The fourth-order valence-electron chi connectivity index (χ4n) is 2.86. The molecule has 0 aliphatic rings. The Morgan fingerprint density at radius 3 is 2.07 bits per heavy atom. The van der Waals surface area contributed by atoms with Crippen LogP contribution in [0.25, 0.3) is 11.1 Å². The highest BCUT2D eigenvalue weighted by molar-refractivity contribution is 7.99. The number of benzene rings is 3. The first-order valence-corrected chi connectivity index (χ1v) is 11.7. The number of halogens is 1. The zero-order valence-corrected chi connectivity index (χ0v) is 17.5. The van der Waals surface area contributed by atoms with E-state index in [1.165, 1.54) is 36.0 Å². The summed E-state index contributed by atoms with van der Waals surface area (Å²) in [5, 5.41) is 9.02. The van der Waals surface area contributed by atoms with Crippen molar-refractivity contribution in [3.63, 3.8) is 0 Å². The lowest BCUT2D eigenvalue weighted by Crippen LogP contribution is -2.34. The Bertz CT molecular complexity index is 1090. The third-order valence-electron chi connectivity index (χ3n) is 4.49. The Hall–Kier alpha value is -2.68. The zero-order chi connectivity index (χ0) is 21.6. The number of rotatable bonds is 8. The van der Waals surface area contributed by atoms with Crippen LogP contribution in [0.1, 0.15) is 0 Å². The van der Waals surface area contributed by atoms with Crippen molar-refractivity contribution in [3.8, 4) is 11.1 Å². The maximum absolute atomic E-state index is 13.1. The first-order chi connectivity index (χ1) is 14.4. The molecule has 3 rings (SSSR count). The largest absolute Gasteiger partial charge is 0.289 e. The van der Waals surface area contributed by atoms with Crippen molar-refractivity contribution in [2.75, 3.05) is 11.5 Å². The average Bonchev–Trinajstić information content (AvgIpc) is 2.77. The van der Waals surface area contributed by atoms with Crippen molar-refractivity contribution in [2.45, 2.75) is 9.79 Å². The van der Waals surface area contributed by atoms with E-state index in [0.717, 1.165) is 16.0 Å². The van der Waals surface area contributed by atoms with Gasteiger partial charge in [-0.05, 0) is 47.5 Å². The third kappa shape index (κ3) is 5.69. The molecule has 0 aliphatic heterocycles. The summed E-state index contributed by atoms with van der Waals surface area (Å²) < 4.78 is 38.8. The van der Waals surface area contributed by atoms with E-state index in [0.29, 0.717) is 0 Å². The van der Waals surface area contributed by atoms with E-state index >= 15 is 0 Å². The number of carbonyl (C=O) groups is 1. The van der Waals surface area contributed by atoms with E-state index in [4.69, 9.17) is 5.21 Å². The second kappa shape index (κ2) is 9.88. The van der Waals surface area contributed by atoms with Gasteiger partial charge in [0.1, 0.15) is 5.82 Å². The van der Waals surface area contributed by atoms with Crippen molar-refractivity contribution in [2.24, 2.45) is 5.92 Å². The minimum atomic E-state index is -3.77. The highest BCUT2D eigenvalue weighted by Crippen LogP contribution is 2.25. The van der Waals surface area contributed by atoms with Crippen LogP contribution in [-0.4, -0.2) is 31.0 Å². The normalized spacial score (nSPS) is 12.3. The van der Waals surface area contributed by atoms with Gasteiger partial charge in [0, 0.05) is 10.6 Å². The Labute approximate surface area is 178 Å². The maximum Gasteiger partial charge on any atom is 0.248 e. The molecule has 0 saturated heterocycles. The van der Waals surface area contributed by atoms with Crippen LogP contribution >= 0.6 is 11.8 Å². The summed E-state index contributed by atoms with van der Waals surface area (Å²) in [7, 11) is -3.77. The molecular weight excluding hydrogens is 425 g/mol. The molecule has 0 spiro atoms. The van der Waals surface area contributed by atoms with E-state index < -0.39 is 27.4 Å². The Morgan fingerprint density at radius 2 is 1.50 bits per heavy atom. The fraction of sp³-hybridized carbons (Fsp3) is 0.136. The predicted octanol–water partition coefficient (Wildman–Crippen LogP) is 4.18. The molecule has 1 amide bonds. The van der Waals surface area contributed by atoms with Gasteiger partial charge in [0.2, 0.25) is 5.91 Å². The number of hydrogen-bond acceptors (Lipinski definition) is 5. The van der Waals surface area contributed by atoms with E-state index in [9.17, 15) is 17.6 Å². The molecule has 156 valence electrons. The summed E-state index contributed by atoms with van der Waals surface area (Å²) in [4.78, 5) is 13.0. The molecule has 0 radical (unpaired) electrons. The lowest BCUT2D eigenvalue weighted by atomic mass is 10.1. The van der Waals surface area contributed by atoms with Crippen LogP contribution in [0.2, 0.25) is 0 Å². The van der Waals surface area contributed by atoms with E-state index in [1.54, 1.807) is 29.7 Å². The van der Waals surface area contributed by atoms with E-state index in [1.807, 2.05) is 30.3 Å². The van der Waals surface area contributed by atoms with Gasteiger partial charge in [-0.15, -0.1) is 11.8 Å². The molecule has 3 aromatic carbocycles. The maximum atomic E-state index is 13.1. The van der Waals surface area contributed by atoms with Crippen LogP contribution in [0, 0.1) is 11.7 Å². The van der Waals surface area contributed by atoms with Gasteiger partial charge in [0.15, 0.2) is 9.84 Å². The number of carbonyl (C=O) groups excluding carboxylic acids is 1. The van der Waals surface area contributed by atoms with Gasteiger partial charge < -0.3 is 0 Å². The number of nitrogens with one attached hydrogen (secondary N) is 1. The first-order valence-electron chi connectivity index (χ1n) is 9.09. The number of sulfone groups is 1. The lowest BCUT2D eigenvalue weighted by molar-refractivity contribution is -0.132. The van der Waals surface area contributed by atoms with Crippen LogP contribution in [0.5, 0.6) is 0 Å². The van der Waals surface area contributed by atoms with Crippen LogP contribution in [0.4, 0.5) is 4.39 Å². The molecule has 0 aliphatic carbocycles. The summed E-state index contributed by atoms with van der Waals surface area (Å²) in [5.74, 6) is -2.26. The van der Waals surface area contributed by atoms with Crippen LogP contribution < -0.4 is 5.48 Å². The van der Waals surface area contributed by atoms with E-state index in [-0.39, 0.29) is 16.5 Å². The van der Waals surface area contributed by atoms with Gasteiger partial charge in [-0.1, -0.05) is 42.5 Å². The number of amides is 1. The Kier molecular flexibility index (Phi) is 7.25. The van der Waals surface area contributed by atoms with Gasteiger partial charge >= 0.3 is 0 Å². The highest BCUT2D eigenvalue weighted by atomic mass is 32.2. The first kappa shape index (κ1) is 22.0. The van der Waals surface area contributed by atoms with Gasteiger partial charge in [0.05, 0.1) is 16.6 Å². The molecule has 0 heterocycles. The summed E-state index contributed by atoms with van der Waals surface area (Å²) in [6, 6.07) is 21.4. The average molecular weight is 446 g/mol. The fourth-order valence-corrected chi connectivity index (χ4v) is 5.57. The van der Waals surface area contributed by atoms with Gasteiger partial charge in [0.25, 0.3) is 0 Å². The molecule has 1 unspecified atom stereocenters. The second-order valence-electron chi connectivity index (χ2n) is 6.61. The SMILES string of the molecule is O=C(NO)C(CSc1ccccc1)CS(=O)(=O)c1ccc(-c2ccc(F)cc2)cc1. The number of thioether (sulfide) groups is 1. The highest BCUT2D eigenvalue weighted by Gasteiger charge is 2.27. The van der Waals surface area contributed by atoms with Gasteiger partial charge in [-0.3, -0.25) is 10.0 Å². The topological polar surface area (TPSA) is 83.5 Å². The van der Waals surface area contributed by atoms with Crippen molar-refractivity contribution < 1.29 is 22.8 Å². The third-order valence-corrected chi connectivity index (χ3v) is 7.49. The minimum absolute atomic E-state index is 0.0776. The Balaban J connectivity index is 1.74. The molecule has 3 aromatic rings. The van der Waals surface area contributed by atoms with Crippen molar-refractivity contribution in [3.05, 3.63) is 84.7 Å². The zero-order valence-electron chi connectivity index (χ0n) is 15.9. The molecule has 30 heavy (non-hydrogen) atoms.